The molecule has 1 fully saturated rings. The molecule has 0 saturated heterocycles. The van der Waals surface area contributed by atoms with E-state index in [1.54, 1.807) is 23.0 Å². The number of hydrogen-bond acceptors (Lipinski definition) is 4. The Labute approximate surface area is 233 Å². The van der Waals surface area contributed by atoms with E-state index in [-0.39, 0.29) is 22.8 Å². The second kappa shape index (κ2) is 11.1. The van der Waals surface area contributed by atoms with Gasteiger partial charge in [-0.2, -0.15) is 5.10 Å². The van der Waals surface area contributed by atoms with E-state index in [9.17, 15) is 10.0 Å². The minimum atomic E-state index is -1.86. The molecule has 0 bridgehead atoms. The summed E-state index contributed by atoms with van der Waals surface area (Å²) in [5.41, 5.74) is 2.21. The average molecular weight is 532 g/mol. The summed E-state index contributed by atoms with van der Waals surface area (Å²) in [6.07, 6.45) is 5.88. The first-order valence-corrected chi connectivity index (χ1v) is 13.7. The predicted molar refractivity (Wildman–Crippen MR) is 155 cm³/mol. The molecule has 1 saturated carbocycles. The molecule has 200 valence electrons. The molecule has 0 unspecified atom stereocenters. The highest BCUT2D eigenvalue weighted by Gasteiger charge is 2.41. The first-order chi connectivity index (χ1) is 19.6. The number of nitrogens with zero attached hydrogens (tertiary/aromatic N) is 2. The van der Waals surface area contributed by atoms with Crippen LogP contribution in [0.15, 0.2) is 115 Å². The Bertz CT molecular complexity index is 1470. The van der Waals surface area contributed by atoms with E-state index in [0.29, 0.717) is 5.75 Å². The third kappa shape index (κ3) is 4.72. The Morgan fingerprint density at radius 3 is 1.77 bits per heavy atom. The lowest BCUT2D eigenvalue weighted by Gasteiger charge is -2.36. The van der Waals surface area contributed by atoms with Gasteiger partial charge in [-0.3, -0.25) is 4.68 Å². The standard InChI is InChI=1S/C33H30BFN2O3/c35-31-22-28(40-27-18-10-11-19-27)20-21-29(31)32-30(34(38)39)23-37(36-32)33(24-12-4-1-5-13-24,25-14-6-2-7-15-25)26-16-8-3-9-17-26/h1-9,12-17,20-23,27,38-39H,10-11,18-19H2. The highest BCUT2D eigenvalue weighted by atomic mass is 19.1. The van der Waals surface area contributed by atoms with Gasteiger partial charge < -0.3 is 14.8 Å². The monoisotopic (exact) mass is 532 g/mol. The van der Waals surface area contributed by atoms with Crippen LogP contribution in [0.5, 0.6) is 5.75 Å². The molecule has 7 heteroatoms. The highest BCUT2D eigenvalue weighted by Crippen LogP contribution is 2.41. The second-order valence-electron chi connectivity index (χ2n) is 10.2. The lowest BCUT2D eigenvalue weighted by molar-refractivity contribution is 0.209. The molecule has 6 rings (SSSR count). The quantitative estimate of drug-likeness (QED) is 0.204. The number of hydrogen-bond donors (Lipinski definition) is 2. The first-order valence-electron chi connectivity index (χ1n) is 13.7. The van der Waals surface area contributed by atoms with Crippen LogP contribution in [0, 0.1) is 5.82 Å². The molecule has 0 radical (unpaired) electrons. The van der Waals surface area contributed by atoms with Gasteiger partial charge in [-0.25, -0.2) is 4.39 Å². The van der Waals surface area contributed by atoms with Gasteiger partial charge in [-0.1, -0.05) is 91.0 Å². The number of ether oxygens (including phenoxy) is 1. The Balaban J connectivity index is 1.56. The van der Waals surface area contributed by atoms with Crippen molar-refractivity contribution in [3.8, 4) is 17.0 Å². The Hall–Kier alpha value is -4.20. The zero-order valence-electron chi connectivity index (χ0n) is 22.0. The summed E-state index contributed by atoms with van der Waals surface area (Å²) in [6, 6.07) is 34.4. The van der Waals surface area contributed by atoms with Gasteiger partial charge in [0.05, 0.1) is 11.8 Å². The maximum atomic E-state index is 15.6. The Kier molecular flexibility index (Phi) is 7.24. The van der Waals surface area contributed by atoms with Crippen LogP contribution in [0.1, 0.15) is 42.4 Å². The minimum absolute atomic E-state index is 0.0996. The van der Waals surface area contributed by atoms with Gasteiger partial charge in [-0.15, -0.1) is 0 Å². The van der Waals surface area contributed by atoms with Gasteiger partial charge in [0.25, 0.3) is 0 Å². The molecule has 40 heavy (non-hydrogen) atoms. The smallest absolute Gasteiger partial charge is 0.490 e. The van der Waals surface area contributed by atoms with Gasteiger partial charge in [0.2, 0.25) is 0 Å². The summed E-state index contributed by atoms with van der Waals surface area (Å²) < 4.78 is 23.4. The summed E-state index contributed by atoms with van der Waals surface area (Å²) in [5.74, 6) is -0.0711. The molecule has 1 aromatic heterocycles. The fourth-order valence-electron chi connectivity index (χ4n) is 5.85. The summed E-state index contributed by atoms with van der Waals surface area (Å²) in [4.78, 5) is 0. The maximum absolute atomic E-state index is 15.6. The summed E-state index contributed by atoms with van der Waals surface area (Å²) in [7, 11) is -1.86. The van der Waals surface area contributed by atoms with E-state index < -0.39 is 18.5 Å². The van der Waals surface area contributed by atoms with E-state index in [4.69, 9.17) is 9.84 Å². The van der Waals surface area contributed by atoms with Crippen LogP contribution in [0.3, 0.4) is 0 Å². The SMILES string of the molecule is OB(O)c1cn(C(c2ccccc2)(c2ccccc2)c2ccccc2)nc1-c1ccc(OC2CCCC2)cc1F. The van der Waals surface area contributed by atoms with Crippen molar-refractivity contribution in [2.45, 2.75) is 37.3 Å². The van der Waals surface area contributed by atoms with Crippen molar-refractivity contribution in [3.63, 3.8) is 0 Å². The highest BCUT2D eigenvalue weighted by molar-refractivity contribution is 6.60. The van der Waals surface area contributed by atoms with E-state index in [0.717, 1.165) is 42.4 Å². The molecule has 1 aliphatic carbocycles. The van der Waals surface area contributed by atoms with Gasteiger partial charge in [0.1, 0.15) is 17.1 Å². The zero-order chi connectivity index (χ0) is 27.5. The van der Waals surface area contributed by atoms with E-state index in [2.05, 4.69) is 0 Å². The molecule has 5 aromatic rings. The topological polar surface area (TPSA) is 67.5 Å². The van der Waals surface area contributed by atoms with Gasteiger partial charge in [-0.05, 0) is 54.5 Å². The van der Waals surface area contributed by atoms with Gasteiger partial charge in [0, 0.05) is 23.3 Å². The van der Waals surface area contributed by atoms with Crippen molar-refractivity contribution in [2.75, 3.05) is 0 Å². The lowest BCUT2D eigenvalue weighted by atomic mass is 9.76. The van der Waals surface area contributed by atoms with Crippen molar-refractivity contribution in [3.05, 3.63) is 138 Å². The van der Waals surface area contributed by atoms with Crippen molar-refractivity contribution in [1.29, 1.82) is 0 Å². The summed E-state index contributed by atoms with van der Waals surface area (Å²) >= 11 is 0. The third-order valence-electron chi connectivity index (χ3n) is 7.74. The van der Waals surface area contributed by atoms with Gasteiger partial charge >= 0.3 is 7.12 Å². The summed E-state index contributed by atoms with van der Waals surface area (Å²) in [5, 5.41) is 25.8. The molecule has 1 aliphatic rings. The molecule has 0 amide bonds. The van der Waals surface area contributed by atoms with Crippen LogP contribution >= 0.6 is 0 Å². The predicted octanol–water partition coefficient (Wildman–Crippen LogP) is 5.53. The van der Waals surface area contributed by atoms with Crippen LogP contribution < -0.4 is 10.2 Å². The van der Waals surface area contributed by atoms with Crippen LogP contribution in [-0.4, -0.2) is 33.1 Å². The third-order valence-corrected chi connectivity index (χ3v) is 7.74. The van der Waals surface area contributed by atoms with E-state index >= 15 is 4.39 Å². The van der Waals surface area contributed by atoms with Crippen LogP contribution in [-0.2, 0) is 5.54 Å². The van der Waals surface area contributed by atoms with Crippen LogP contribution in [0.2, 0.25) is 0 Å². The zero-order valence-corrected chi connectivity index (χ0v) is 22.0. The van der Waals surface area contributed by atoms with Gasteiger partial charge in [0.15, 0.2) is 0 Å². The molecule has 0 spiro atoms. The molecule has 4 aromatic carbocycles. The fraction of sp³-hybridized carbons (Fsp3) is 0.182. The van der Waals surface area contributed by atoms with Crippen molar-refractivity contribution in [1.82, 2.24) is 9.78 Å². The van der Waals surface area contributed by atoms with Crippen LogP contribution in [0.25, 0.3) is 11.3 Å². The number of halogens is 1. The largest absolute Gasteiger partial charge is 0.492 e. The number of aromatic nitrogens is 2. The molecule has 1 heterocycles. The normalized spacial score (nSPS) is 13.9. The number of rotatable bonds is 8. The maximum Gasteiger partial charge on any atom is 0.492 e. The Morgan fingerprint density at radius 1 is 0.775 bits per heavy atom. The molecule has 0 aliphatic heterocycles. The first kappa shape index (κ1) is 26.0. The Morgan fingerprint density at radius 2 is 1.30 bits per heavy atom. The average Bonchev–Trinajstić information content (AvgIpc) is 3.66. The fourth-order valence-corrected chi connectivity index (χ4v) is 5.85. The number of benzene rings is 4. The second-order valence-corrected chi connectivity index (χ2v) is 10.2. The lowest BCUT2D eigenvalue weighted by Crippen LogP contribution is -2.39. The molecular weight excluding hydrogens is 502 g/mol. The molecule has 5 nitrogen and oxygen atoms in total. The molecule has 0 atom stereocenters. The molecular formula is C33H30BFN2O3. The van der Waals surface area contributed by atoms with Crippen LogP contribution in [0.4, 0.5) is 4.39 Å². The van der Waals surface area contributed by atoms with E-state index in [1.807, 2.05) is 91.0 Å². The summed E-state index contributed by atoms with van der Waals surface area (Å²) in [6.45, 7) is 0. The minimum Gasteiger partial charge on any atom is -0.490 e. The molecule has 2 N–H and O–H groups in total. The van der Waals surface area contributed by atoms with Crippen molar-refractivity contribution >= 4 is 12.6 Å². The van der Waals surface area contributed by atoms with Crippen molar-refractivity contribution < 1.29 is 19.2 Å². The van der Waals surface area contributed by atoms with E-state index in [1.165, 1.54) is 6.07 Å². The van der Waals surface area contributed by atoms with Crippen molar-refractivity contribution in [2.24, 2.45) is 0 Å².